The molecule has 1 aliphatic rings. The molecule has 1 aromatic carbocycles. The van der Waals surface area contributed by atoms with Crippen LogP contribution in [0.4, 0.5) is 10.2 Å². The Balaban J connectivity index is 1.79. The van der Waals surface area contributed by atoms with Crippen LogP contribution < -0.4 is 10.6 Å². The van der Waals surface area contributed by atoms with Gasteiger partial charge >= 0.3 is 0 Å². The smallest absolute Gasteiger partial charge is 0.252 e. The Bertz CT molecular complexity index is 979. The van der Waals surface area contributed by atoms with Gasteiger partial charge in [0.05, 0.1) is 11.6 Å². The molecule has 0 aliphatic carbocycles. The van der Waals surface area contributed by atoms with E-state index in [1.807, 2.05) is 17.9 Å². The lowest BCUT2D eigenvalue weighted by Crippen LogP contribution is -2.54. The van der Waals surface area contributed by atoms with E-state index in [0.717, 1.165) is 5.56 Å². The Labute approximate surface area is 188 Å². The molecule has 0 bridgehead atoms. The largest absolute Gasteiger partial charge is 0.362 e. The van der Waals surface area contributed by atoms with E-state index in [1.54, 1.807) is 38.2 Å². The van der Waals surface area contributed by atoms with Crippen LogP contribution in [0.5, 0.6) is 0 Å². The maximum atomic E-state index is 14.3. The summed E-state index contributed by atoms with van der Waals surface area (Å²) in [4.78, 5) is 32.2. The average molecular weight is 440 g/mol. The van der Waals surface area contributed by atoms with Gasteiger partial charge in [-0.05, 0) is 49.2 Å². The molecule has 2 heterocycles. The Morgan fingerprint density at radius 3 is 2.69 bits per heavy atom. The van der Waals surface area contributed by atoms with Crippen molar-refractivity contribution in [3.8, 4) is 0 Å². The fourth-order valence-corrected chi connectivity index (χ4v) is 3.90. The number of amides is 2. The van der Waals surface area contributed by atoms with Gasteiger partial charge in [-0.1, -0.05) is 18.7 Å². The van der Waals surface area contributed by atoms with Crippen molar-refractivity contribution in [3.63, 3.8) is 0 Å². The maximum absolute atomic E-state index is 14.3. The van der Waals surface area contributed by atoms with Gasteiger partial charge in [-0.15, -0.1) is 0 Å². The highest BCUT2D eigenvalue weighted by atomic mass is 19.1. The van der Waals surface area contributed by atoms with Crippen LogP contribution >= 0.6 is 0 Å². The number of benzene rings is 1. The molecule has 8 heteroatoms. The summed E-state index contributed by atoms with van der Waals surface area (Å²) >= 11 is 0. The van der Waals surface area contributed by atoms with Crippen molar-refractivity contribution in [2.45, 2.75) is 25.9 Å². The normalized spacial score (nSPS) is 17.5. The molecule has 2 atom stereocenters. The van der Waals surface area contributed by atoms with Crippen LogP contribution in [0.2, 0.25) is 0 Å². The van der Waals surface area contributed by atoms with Crippen molar-refractivity contribution in [2.24, 2.45) is 0 Å². The van der Waals surface area contributed by atoms with E-state index in [2.05, 4.69) is 27.1 Å². The second kappa shape index (κ2) is 10.4. The van der Waals surface area contributed by atoms with Crippen molar-refractivity contribution in [1.29, 1.82) is 0 Å². The molecule has 0 spiro atoms. The molecule has 2 N–H and O–H groups in total. The number of aromatic nitrogens is 1. The Morgan fingerprint density at radius 2 is 2.09 bits per heavy atom. The number of carbonyl (C=O) groups excluding carboxylic acids is 2. The molecular weight excluding hydrogens is 409 g/mol. The second-order valence-corrected chi connectivity index (χ2v) is 8.06. The molecule has 7 nitrogen and oxygen atoms in total. The first-order valence-electron chi connectivity index (χ1n) is 10.7. The highest BCUT2D eigenvalue weighted by Crippen LogP contribution is 2.23. The second-order valence-electron chi connectivity index (χ2n) is 8.06. The summed E-state index contributed by atoms with van der Waals surface area (Å²) in [6, 6.07) is 8.49. The van der Waals surface area contributed by atoms with Gasteiger partial charge in [0.25, 0.3) is 5.91 Å². The fourth-order valence-electron chi connectivity index (χ4n) is 3.90. The highest BCUT2D eigenvalue weighted by Gasteiger charge is 2.28. The van der Waals surface area contributed by atoms with Gasteiger partial charge in [0.2, 0.25) is 5.91 Å². The van der Waals surface area contributed by atoms with Crippen LogP contribution in [0.15, 0.2) is 49.2 Å². The van der Waals surface area contributed by atoms with Gasteiger partial charge in [-0.25, -0.2) is 9.37 Å². The zero-order valence-electron chi connectivity index (χ0n) is 18.8. The van der Waals surface area contributed by atoms with E-state index in [4.69, 9.17) is 0 Å². The number of anilines is 1. The minimum absolute atomic E-state index is 0.0506. The van der Waals surface area contributed by atoms with Crippen molar-refractivity contribution >= 4 is 17.6 Å². The monoisotopic (exact) mass is 439 g/mol. The molecule has 2 amide bonds. The summed E-state index contributed by atoms with van der Waals surface area (Å²) in [6.45, 7) is 9.96. The predicted octanol–water partition coefficient (Wildman–Crippen LogP) is 2.76. The number of carbonyl (C=O) groups is 2. The van der Waals surface area contributed by atoms with E-state index in [-0.39, 0.29) is 29.7 Å². The Kier molecular flexibility index (Phi) is 7.58. The lowest BCUT2D eigenvalue weighted by molar-refractivity contribution is -0.130. The van der Waals surface area contributed by atoms with Crippen LogP contribution in [-0.4, -0.2) is 65.9 Å². The molecule has 0 saturated carbocycles. The third kappa shape index (κ3) is 5.50. The topological polar surface area (TPSA) is 77.6 Å². The third-order valence-electron chi connectivity index (χ3n) is 5.78. The summed E-state index contributed by atoms with van der Waals surface area (Å²) < 4.78 is 14.3. The number of nitrogens with one attached hydrogen (secondary N) is 2. The van der Waals surface area contributed by atoms with E-state index >= 15 is 0 Å². The van der Waals surface area contributed by atoms with Crippen LogP contribution in [0.1, 0.15) is 34.5 Å². The molecule has 3 rings (SSSR count). The Hall–Kier alpha value is -3.26. The van der Waals surface area contributed by atoms with Crippen LogP contribution in [-0.2, 0) is 4.79 Å². The first-order chi connectivity index (χ1) is 15.3. The molecule has 1 fully saturated rings. The van der Waals surface area contributed by atoms with E-state index < -0.39 is 0 Å². The fraction of sp³-hybridized carbons (Fsp3) is 0.375. The summed E-state index contributed by atoms with van der Waals surface area (Å²) in [7, 11) is 1.57. The van der Waals surface area contributed by atoms with Gasteiger partial charge in [0.1, 0.15) is 11.6 Å². The van der Waals surface area contributed by atoms with Crippen molar-refractivity contribution in [1.82, 2.24) is 20.1 Å². The lowest BCUT2D eigenvalue weighted by atomic mass is 10.0. The molecule has 32 heavy (non-hydrogen) atoms. The quantitative estimate of drug-likeness (QED) is 0.649. The van der Waals surface area contributed by atoms with E-state index in [0.29, 0.717) is 43.1 Å². The highest BCUT2D eigenvalue weighted by molar-refractivity contribution is 5.93. The first-order valence-corrected chi connectivity index (χ1v) is 10.7. The summed E-state index contributed by atoms with van der Waals surface area (Å²) in [6.07, 6.45) is 2.86. The number of hydrogen-bond donors (Lipinski definition) is 2. The van der Waals surface area contributed by atoms with Gasteiger partial charge < -0.3 is 15.5 Å². The van der Waals surface area contributed by atoms with Gasteiger partial charge in [0, 0.05) is 45.5 Å². The number of halogens is 1. The van der Waals surface area contributed by atoms with Crippen LogP contribution in [0.25, 0.3) is 0 Å². The van der Waals surface area contributed by atoms with Crippen molar-refractivity contribution < 1.29 is 14.0 Å². The first kappa shape index (κ1) is 23.4. The van der Waals surface area contributed by atoms with Crippen molar-refractivity contribution in [2.75, 3.05) is 38.5 Å². The van der Waals surface area contributed by atoms with Crippen LogP contribution in [0, 0.1) is 12.7 Å². The molecule has 0 unspecified atom stereocenters. The summed E-state index contributed by atoms with van der Waals surface area (Å²) in [5.74, 6) is 0.0686. The van der Waals surface area contributed by atoms with E-state index in [1.165, 1.54) is 12.3 Å². The molecular formula is C24H30FN5O2. The van der Waals surface area contributed by atoms with Gasteiger partial charge in [-0.2, -0.15) is 0 Å². The lowest BCUT2D eigenvalue weighted by Gasteiger charge is -2.40. The molecule has 1 aromatic heterocycles. The number of pyridine rings is 1. The summed E-state index contributed by atoms with van der Waals surface area (Å²) in [5, 5.41) is 5.96. The number of piperazine rings is 1. The molecule has 1 aliphatic heterocycles. The summed E-state index contributed by atoms with van der Waals surface area (Å²) in [5.41, 5.74) is 1.86. The SMILES string of the molecule is C=CC(=O)N1CCN(C[C@H](Nc2ccc(C(=O)NC)cn2)c2ccc(C)c(F)c2)C[C@H]1C. The standard InChI is InChI=1S/C24H30FN5O2/c1-5-23(31)30-11-10-29(14-17(30)3)15-21(18-7-6-16(2)20(25)12-18)28-22-9-8-19(13-27-22)24(32)26-4/h5-9,12-13,17,21H,1,10-11,14-15H2,2-4H3,(H,26,32)(H,27,28)/t17-,21+/m1/s1. The van der Waals surface area contributed by atoms with Crippen LogP contribution in [0.3, 0.4) is 0 Å². The minimum atomic E-state index is -0.257. The number of rotatable bonds is 7. The molecule has 2 aromatic rings. The number of nitrogens with zero attached hydrogens (tertiary/aromatic N) is 3. The number of aryl methyl sites for hydroxylation is 1. The van der Waals surface area contributed by atoms with E-state index in [9.17, 15) is 14.0 Å². The maximum Gasteiger partial charge on any atom is 0.252 e. The van der Waals surface area contributed by atoms with Crippen molar-refractivity contribution in [3.05, 3.63) is 71.7 Å². The predicted molar refractivity (Wildman–Crippen MR) is 123 cm³/mol. The zero-order chi connectivity index (χ0) is 23.3. The average Bonchev–Trinajstić information content (AvgIpc) is 2.80. The van der Waals surface area contributed by atoms with Gasteiger partial charge in [-0.3, -0.25) is 14.5 Å². The minimum Gasteiger partial charge on any atom is -0.362 e. The Morgan fingerprint density at radius 1 is 1.31 bits per heavy atom. The number of hydrogen-bond acceptors (Lipinski definition) is 5. The third-order valence-corrected chi connectivity index (χ3v) is 5.78. The molecule has 170 valence electrons. The zero-order valence-corrected chi connectivity index (χ0v) is 18.8. The van der Waals surface area contributed by atoms with Gasteiger partial charge in [0.15, 0.2) is 0 Å². The molecule has 1 saturated heterocycles. The molecule has 0 radical (unpaired) electrons.